The summed E-state index contributed by atoms with van der Waals surface area (Å²) in [6.45, 7) is 3.59. The average molecular weight is 227 g/mol. The van der Waals surface area contributed by atoms with E-state index in [1.54, 1.807) is 4.57 Å². The lowest BCUT2D eigenvalue weighted by Gasteiger charge is -2.22. The van der Waals surface area contributed by atoms with E-state index >= 15 is 0 Å². The van der Waals surface area contributed by atoms with Gasteiger partial charge in [-0.3, -0.25) is 4.57 Å². The minimum Gasteiger partial charge on any atom is -0.441 e. The Morgan fingerprint density at radius 2 is 2.12 bits per heavy atom. The van der Waals surface area contributed by atoms with Crippen molar-refractivity contribution in [1.29, 1.82) is 0 Å². The largest absolute Gasteiger partial charge is 0.441 e. The molecule has 3 rings (SSSR count). The van der Waals surface area contributed by atoms with Crippen molar-refractivity contribution in [2.24, 2.45) is 4.99 Å². The zero-order chi connectivity index (χ0) is 11.8. The van der Waals surface area contributed by atoms with Crippen LogP contribution in [0.2, 0.25) is 0 Å². The second-order valence-corrected chi connectivity index (χ2v) is 3.56. The zero-order valence-electron chi connectivity index (χ0n) is 8.84. The fraction of sp³-hybridized carbons (Fsp3) is 0. The van der Waals surface area contributed by atoms with Crippen molar-refractivity contribution in [3.05, 3.63) is 60.3 Å². The fourth-order valence-corrected chi connectivity index (χ4v) is 1.69. The summed E-state index contributed by atoms with van der Waals surface area (Å²) in [7, 11) is 0. The number of hydrogen-bond acceptors (Lipinski definition) is 2. The van der Waals surface area contributed by atoms with Gasteiger partial charge >= 0.3 is 0 Å². The van der Waals surface area contributed by atoms with Gasteiger partial charge in [-0.1, -0.05) is 24.5 Å². The molecule has 1 aliphatic rings. The molecule has 5 heteroatoms. The molecule has 2 heterocycles. The molecule has 0 aliphatic carbocycles. The number of fused-ring (bicyclic) bond motifs is 1. The Morgan fingerprint density at radius 1 is 1.29 bits per heavy atom. The van der Waals surface area contributed by atoms with Gasteiger partial charge in [-0.25, -0.2) is 9.37 Å². The van der Waals surface area contributed by atoms with Crippen LogP contribution in [-0.2, 0) is 0 Å². The van der Waals surface area contributed by atoms with Crippen LogP contribution in [0.3, 0.4) is 0 Å². The number of aliphatic imine (C=N–C) groups is 1. The van der Waals surface area contributed by atoms with E-state index in [2.05, 4.69) is 21.9 Å². The molecule has 1 aromatic carbocycles. The Bertz CT molecular complexity index is 666. The molecular weight excluding hydrogens is 219 g/mol. The van der Waals surface area contributed by atoms with Crippen molar-refractivity contribution in [2.45, 2.75) is 0 Å². The van der Waals surface area contributed by atoms with Gasteiger partial charge in [-0.05, 0) is 18.3 Å². The number of benzene rings is 1. The Morgan fingerprint density at radius 3 is 3.00 bits per heavy atom. The summed E-state index contributed by atoms with van der Waals surface area (Å²) in [4.78, 5) is 8.17. The highest BCUT2D eigenvalue weighted by atomic mass is 19.1. The summed E-state index contributed by atoms with van der Waals surface area (Å²) in [6.07, 6.45) is 2.65. The van der Waals surface area contributed by atoms with Crippen LogP contribution in [0, 0.1) is 0 Å². The SMILES string of the molecule is C=C1N=C(n2cnc3ccccc32)C(F)=C[N-]1. The molecule has 0 N–H and O–H groups in total. The van der Waals surface area contributed by atoms with Crippen molar-refractivity contribution in [2.75, 3.05) is 0 Å². The van der Waals surface area contributed by atoms with E-state index < -0.39 is 5.83 Å². The molecule has 1 aliphatic heterocycles. The summed E-state index contributed by atoms with van der Waals surface area (Å²) in [5.41, 5.74) is 1.58. The second-order valence-electron chi connectivity index (χ2n) is 3.56. The maximum atomic E-state index is 13.7. The summed E-state index contributed by atoms with van der Waals surface area (Å²) in [5.74, 6) is -0.0570. The fourth-order valence-electron chi connectivity index (χ4n) is 1.69. The third kappa shape index (κ3) is 1.52. The molecule has 0 bridgehead atoms. The first-order chi connectivity index (χ1) is 8.25. The Hall–Kier alpha value is -2.43. The number of nitrogens with zero attached hydrogens (tertiary/aromatic N) is 4. The second kappa shape index (κ2) is 3.55. The molecule has 17 heavy (non-hydrogen) atoms. The molecule has 0 atom stereocenters. The molecular formula is C12H8FN4-. The number of hydrogen-bond donors (Lipinski definition) is 0. The zero-order valence-corrected chi connectivity index (χ0v) is 8.84. The van der Waals surface area contributed by atoms with Crippen LogP contribution in [-0.4, -0.2) is 15.4 Å². The number of imidazole rings is 1. The lowest BCUT2D eigenvalue weighted by atomic mass is 10.3. The van der Waals surface area contributed by atoms with Crippen LogP contribution >= 0.6 is 0 Å². The lowest BCUT2D eigenvalue weighted by molar-refractivity contribution is 0.670. The normalized spacial score (nSPS) is 15.5. The molecule has 84 valence electrons. The van der Waals surface area contributed by atoms with Gasteiger partial charge in [0.2, 0.25) is 0 Å². The van der Waals surface area contributed by atoms with Crippen LogP contribution < -0.4 is 0 Å². The topological polar surface area (TPSA) is 44.3 Å². The monoisotopic (exact) mass is 227 g/mol. The van der Waals surface area contributed by atoms with Gasteiger partial charge in [0.1, 0.15) is 12.2 Å². The van der Waals surface area contributed by atoms with Crippen LogP contribution in [0.15, 0.2) is 60.0 Å². The molecule has 0 fully saturated rings. The standard InChI is InChI=1S/C12H8FN4/c1-8-14-6-9(13)12(16-8)17-7-15-10-4-2-3-5-11(10)17/h2-7H,1H2/q-1. The van der Waals surface area contributed by atoms with Gasteiger partial charge in [0.25, 0.3) is 0 Å². The van der Waals surface area contributed by atoms with Crippen molar-refractivity contribution in [3.8, 4) is 0 Å². The number of aromatic nitrogens is 2. The molecule has 1 aromatic heterocycles. The van der Waals surface area contributed by atoms with Crippen molar-refractivity contribution in [3.63, 3.8) is 0 Å². The smallest absolute Gasteiger partial charge is 0.139 e. The minimum atomic E-state index is -0.499. The maximum Gasteiger partial charge on any atom is 0.139 e. The lowest BCUT2D eigenvalue weighted by Crippen LogP contribution is -2.14. The molecule has 0 unspecified atom stereocenters. The van der Waals surface area contributed by atoms with Gasteiger partial charge in [0, 0.05) is 0 Å². The van der Waals surface area contributed by atoms with Crippen LogP contribution in [0.25, 0.3) is 16.4 Å². The molecule has 0 spiro atoms. The summed E-state index contributed by atoms with van der Waals surface area (Å²) in [5, 5.41) is 3.70. The van der Waals surface area contributed by atoms with E-state index in [1.807, 2.05) is 24.3 Å². The highest BCUT2D eigenvalue weighted by Gasteiger charge is 2.10. The Balaban J connectivity index is 2.22. The van der Waals surface area contributed by atoms with Crippen LogP contribution in [0.5, 0.6) is 0 Å². The van der Waals surface area contributed by atoms with Crippen molar-refractivity contribution >= 4 is 16.9 Å². The van der Waals surface area contributed by atoms with Crippen LogP contribution in [0.4, 0.5) is 4.39 Å². The van der Waals surface area contributed by atoms with E-state index in [4.69, 9.17) is 0 Å². The number of para-hydroxylation sites is 2. The Kier molecular flexibility index (Phi) is 2.04. The summed E-state index contributed by atoms with van der Waals surface area (Å²) < 4.78 is 15.2. The minimum absolute atomic E-state index is 0.165. The third-order valence-electron chi connectivity index (χ3n) is 2.46. The van der Waals surface area contributed by atoms with E-state index in [9.17, 15) is 4.39 Å². The number of allylic oxidation sites excluding steroid dienone is 1. The van der Waals surface area contributed by atoms with Gasteiger partial charge in [-0.15, -0.1) is 0 Å². The predicted molar refractivity (Wildman–Crippen MR) is 64.3 cm³/mol. The first-order valence-corrected chi connectivity index (χ1v) is 5.02. The molecule has 0 saturated heterocycles. The van der Waals surface area contributed by atoms with E-state index in [1.165, 1.54) is 6.33 Å². The maximum absolute atomic E-state index is 13.7. The quantitative estimate of drug-likeness (QED) is 0.682. The first-order valence-electron chi connectivity index (χ1n) is 5.02. The molecule has 2 aromatic rings. The van der Waals surface area contributed by atoms with Crippen molar-refractivity contribution in [1.82, 2.24) is 9.55 Å². The third-order valence-corrected chi connectivity index (χ3v) is 2.46. The molecule has 0 amide bonds. The van der Waals surface area contributed by atoms with Gasteiger partial charge in [-0.2, -0.15) is 0 Å². The average Bonchev–Trinajstić information content (AvgIpc) is 2.76. The van der Waals surface area contributed by atoms with E-state index in [0.29, 0.717) is 0 Å². The van der Waals surface area contributed by atoms with E-state index in [0.717, 1.165) is 17.2 Å². The molecule has 0 saturated carbocycles. The summed E-state index contributed by atoms with van der Waals surface area (Å²) in [6, 6.07) is 7.45. The van der Waals surface area contributed by atoms with Crippen LogP contribution in [0.1, 0.15) is 0 Å². The van der Waals surface area contributed by atoms with E-state index in [-0.39, 0.29) is 11.7 Å². The van der Waals surface area contributed by atoms with Gasteiger partial charge in [0.15, 0.2) is 0 Å². The highest BCUT2D eigenvalue weighted by Crippen LogP contribution is 2.21. The Labute approximate surface area is 96.8 Å². The summed E-state index contributed by atoms with van der Waals surface area (Å²) >= 11 is 0. The molecule has 4 nitrogen and oxygen atoms in total. The van der Waals surface area contributed by atoms with Crippen molar-refractivity contribution < 1.29 is 4.39 Å². The molecule has 0 radical (unpaired) electrons. The number of halogens is 1. The van der Waals surface area contributed by atoms with Gasteiger partial charge in [0.05, 0.1) is 16.9 Å². The number of rotatable bonds is 0. The van der Waals surface area contributed by atoms with Gasteiger partial charge < -0.3 is 10.3 Å². The predicted octanol–water partition coefficient (Wildman–Crippen LogP) is 2.95. The first kappa shape index (κ1) is 9.77. The highest BCUT2D eigenvalue weighted by molar-refractivity contribution is 6.04.